The van der Waals surface area contributed by atoms with E-state index in [2.05, 4.69) is 85.6 Å². The van der Waals surface area contributed by atoms with E-state index in [0.717, 1.165) is 44.2 Å². The molecule has 0 spiro atoms. The summed E-state index contributed by atoms with van der Waals surface area (Å²) >= 11 is 0. The highest BCUT2D eigenvalue weighted by Gasteiger charge is 2.14. The zero-order chi connectivity index (χ0) is 20.1. The van der Waals surface area contributed by atoms with E-state index in [1.807, 2.05) is 19.2 Å². The largest absolute Gasteiger partial charge is 0.369 e. The zero-order valence-electron chi connectivity index (χ0n) is 17.1. The molecule has 0 saturated carbocycles. The van der Waals surface area contributed by atoms with Gasteiger partial charge in [-0.1, -0.05) is 30.3 Å². The molecule has 150 valence electrons. The molecule has 0 aliphatic carbocycles. The molecule has 1 aromatic heterocycles. The smallest absolute Gasteiger partial charge is 0.229 e. The molecule has 0 amide bonds. The van der Waals surface area contributed by atoms with Crippen molar-refractivity contribution in [2.45, 2.75) is 6.54 Å². The second-order valence-electron chi connectivity index (χ2n) is 7.54. The monoisotopic (exact) mass is 388 g/mol. The molecule has 0 radical (unpaired) electrons. The van der Waals surface area contributed by atoms with Gasteiger partial charge in [0.25, 0.3) is 0 Å². The molecule has 1 saturated heterocycles. The molecule has 1 aliphatic heterocycles. The van der Waals surface area contributed by atoms with E-state index in [1.165, 1.54) is 11.3 Å². The van der Waals surface area contributed by atoms with Crippen molar-refractivity contribution in [1.29, 1.82) is 0 Å². The second-order valence-corrected chi connectivity index (χ2v) is 7.54. The first-order valence-corrected chi connectivity index (χ1v) is 10.1. The number of hydrogen-bond acceptors (Lipinski definition) is 6. The van der Waals surface area contributed by atoms with Gasteiger partial charge in [0, 0.05) is 57.3 Å². The minimum absolute atomic E-state index is 0.606. The first-order chi connectivity index (χ1) is 14.2. The van der Waals surface area contributed by atoms with Crippen LogP contribution in [0.4, 0.5) is 23.1 Å². The third kappa shape index (κ3) is 5.03. The van der Waals surface area contributed by atoms with Crippen LogP contribution in [0.25, 0.3) is 0 Å². The summed E-state index contributed by atoms with van der Waals surface area (Å²) in [6, 6.07) is 20.9. The van der Waals surface area contributed by atoms with E-state index in [9.17, 15) is 0 Å². The second kappa shape index (κ2) is 8.92. The van der Waals surface area contributed by atoms with E-state index in [4.69, 9.17) is 0 Å². The van der Waals surface area contributed by atoms with Crippen molar-refractivity contribution in [3.05, 3.63) is 72.4 Å². The third-order valence-electron chi connectivity index (χ3n) is 5.29. The van der Waals surface area contributed by atoms with E-state index in [1.54, 1.807) is 6.20 Å². The minimum Gasteiger partial charge on any atom is -0.369 e. The summed E-state index contributed by atoms with van der Waals surface area (Å²) in [5.74, 6) is 1.50. The SMILES string of the molecule is CN1CCN(c2ccc(Nc3nccc(N(C)Cc4ccccc4)n3)cc2)CC1. The highest BCUT2D eigenvalue weighted by atomic mass is 15.2. The van der Waals surface area contributed by atoms with Gasteiger partial charge in [0.05, 0.1) is 0 Å². The van der Waals surface area contributed by atoms with Crippen molar-refractivity contribution in [2.75, 3.05) is 55.4 Å². The predicted molar refractivity (Wildman–Crippen MR) is 120 cm³/mol. The molecule has 0 atom stereocenters. The lowest BCUT2D eigenvalue weighted by Crippen LogP contribution is -2.44. The lowest BCUT2D eigenvalue weighted by atomic mass is 10.2. The maximum atomic E-state index is 4.67. The van der Waals surface area contributed by atoms with Gasteiger partial charge in [0.15, 0.2) is 0 Å². The summed E-state index contributed by atoms with van der Waals surface area (Å²) in [6.07, 6.45) is 1.80. The molecule has 29 heavy (non-hydrogen) atoms. The molecule has 6 heteroatoms. The summed E-state index contributed by atoms with van der Waals surface area (Å²) in [7, 11) is 4.22. The minimum atomic E-state index is 0.606. The van der Waals surface area contributed by atoms with Crippen molar-refractivity contribution >= 4 is 23.1 Å². The van der Waals surface area contributed by atoms with Crippen LogP contribution in [0.3, 0.4) is 0 Å². The predicted octanol–water partition coefficient (Wildman–Crippen LogP) is 3.61. The number of aromatic nitrogens is 2. The number of nitrogens with one attached hydrogen (secondary N) is 1. The fourth-order valence-electron chi connectivity index (χ4n) is 3.51. The maximum Gasteiger partial charge on any atom is 0.229 e. The molecule has 1 N–H and O–H groups in total. The van der Waals surface area contributed by atoms with Crippen molar-refractivity contribution < 1.29 is 0 Å². The summed E-state index contributed by atoms with van der Waals surface area (Å²) in [5.41, 5.74) is 3.51. The van der Waals surface area contributed by atoms with Gasteiger partial charge in [-0.15, -0.1) is 0 Å². The van der Waals surface area contributed by atoms with Crippen LogP contribution in [-0.2, 0) is 6.54 Å². The molecule has 1 fully saturated rings. The van der Waals surface area contributed by atoms with Gasteiger partial charge < -0.3 is 20.0 Å². The Morgan fingerprint density at radius 2 is 1.66 bits per heavy atom. The Morgan fingerprint density at radius 1 is 0.931 bits per heavy atom. The summed E-state index contributed by atoms with van der Waals surface area (Å²) < 4.78 is 0. The van der Waals surface area contributed by atoms with Crippen LogP contribution in [0.1, 0.15) is 5.56 Å². The van der Waals surface area contributed by atoms with Crippen molar-refractivity contribution in [2.24, 2.45) is 0 Å². The Bertz CT molecular complexity index is 904. The molecular weight excluding hydrogens is 360 g/mol. The van der Waals surface area contributed by atoms with Gasteiger partial charge in [-0.05, 0) is 42.9 Å². The van der Waals surface area contributed by atoms with E-state index in [0.29, 0.717) is 5.95 Å². The van der Waals surface area contributed by atoms with Gasteiger partial charge in [-0.3, -0.25) is 0 Å². The van der Waals surface area contributed by atoms with Gasteiger partial charge in [-0.2, -0.15) is 4.98 Å². The lowest BCUT2D eigenvalue weighted by molar-refractivity contribution is 0.313. The highest BCUT2D eigenvalue weighted by Crippen LogP contribution is 2.22. The van der Waals surface area contributed by atoms with Crippen LogP contribution in [0.5, 0.6) is 0 Å². The van der Waals surface area contributed by atoms with Crippen molar-refractivity contribution in [1.82, 2.24) is 14.9 Å². The Hall–Kier alpha value is -3.12. The standard InChI is InChI=1S/C23H28N6/c1-27-14-16-29(17-15-27)21-10-8-20(9-11-21)25-23-24-13-12-22(26-23)28(2)18-19-6-4-3-5-7-19/h3-13H,14-18H2,1-2H3,(H,24,25,26). The summed E-state index contributed by atoms with van der Waals surface area (Å²) in [4.78, 5) is 16.0. The highest BCUT2D eigenvalue weighted by molar-refractivity contribution is 5.60. The molecule has 0 unspecified atom stereocenters. The number of rotatable bonds is 6. The molecule has 1 aliphatic rings. The number of piperazine rings is 1. The number of hydrogen-bond donors (Lipinski definition) is 1. The van der Waals surface area contributed by atoms with Crippen LogP contribution in [0.2, 0.25) is 0 Å². The van der Waals surface area contributed by atoms with Gasteiger partial charge >= 0.3 is 0 Å². The average molecular weight is 389 g/mol. The van der Waals surface area contributed by atoms with E-state index < -0.39 is 0 Å². The number of anilines is 4. The van der Waals surface area contributed by atoms with Crippen LogP contribution < -0.4 is 15.1 Å². The molecule has 6 nitrogen and oxygen atoms in total. The fourth-order valence-corrected chi connectivity index (χ4v) is 3.51. The summed E-state index contributed by atoms with van der Waals surface area (Å²) in [5, 5.41) is 3.32. The Morgan fingerprint density at radius 3 is 2.38 bits per heavy atom. The van der Waals surface area contributed by atoms with Crippen molar-refractivity contribution in [3.63, 3.8) is 0 Å². The van der Waals surface area contributed by atoms with Crippen LogP contribution in [-0.4, -0.2) is 55.1 Å². The molecular formula is C23H28N6. The Labute approximate surface area is 172 Å². The van der Waals surface area contributed by atoms with Crippen molar-refractivity contribution in [3.8, 4) is 0 Å². The topological polar surface area (TPSA) is 47.5 Å². The summed E-state index contributed by atoms with van der Waals surface area (Å²) in [6.45, 7) is 5.16. The number of nitrogens with zero attached hydrogens (tertiary/aromatic N) is 5. The number of likely N-dealkylation sites (N-methyl/N-ethyl adjacent to an activating group) is 1. The molecule has 2 heterocycles. The normalized spacial score (nSPS) is 14.6. The Balaban J connectivity index is 1.40. The van der Waals surface area contributed by atoms with Crippen LogP contribution in [0, 0.1) is 0 Å². The molecule has 0 bridgehead atoms. The fraction of sp³-hybridized carbons (Fsp3) is 0.304. The maximum absolute atomic E-state index is 4.67. The molecule has 4 rings (SSSR count). The third-order valence-corrected chi connectivity index (χ3v) is 5.29. The van der Waals surface area contributed by atoms with Crippen LogP contribution >= 0.6 is 0 Å². The van der Waals surface area contributed by atoms with Gasteiger partial charge in [0.1, 0.15) is 5.82 Å². The average Bonchev–Trinajstić information content (AvgIpc) is 2.76. The van der Waals surface area contributed by atoms with Crippen LogP contribution in [0.15, 0.2) is 66.9 Å². The van der Waals surface area contributed by atoms with E-state index >= 15 is 0 Å². The molecule has 2 aromatic carbocycles. The Kier molecular flexibility index (Phi) is 5.91. The lowest BCUT2D eigenvalue weighted by Gasteiger charge is -2.34. The number of benzene rings is 2. The quantitative estimate of drug-likeness (QED) is 0.696. The van der Waals surface area contributed by atoms with E-state index in [-0.39, 0.29) is 0 Å². The van der Waals surface area contributed by atoms with Gasteiger partial charge in [0.2, 0.25) is 5.95 Å². The first-order valence-electron chi connectivity index (χ1n) is 10.1. The van der Waals surface area contributed by atoms with Gasteiger partial charge in [-0.25, -0.2) is 4.98 Å². The first kappa shape index (κ1) is 19.2. The zero-order valence-corrected chi connectivity index (χ0v) is 17.1. The molecule has 3 aromatic rings.